The van der Waals surface area contributed by atoms with E-state index in [0.717, 1.165) is 17.9 Å². The van der Waals surface area contributed by atoms with Crippen LogP contribution in [0, 0.1) is 11.8 Å². The summed E-state index contributed by atoms with van der Waals surface area (Å²) in [6.07, 6.45) is 9.70. The molecule has 2 heteroatoms. The Morgan fingerprint density at radius 1 is 1.16 bits per heavy atom. The molecule has 1 N–H and O–H groups in total. The summed E-state index contributed by atoms with van der Waals surface area (Å²) in [5.74, 6) is 1.69. The Morgan fingerprint density at radius 3 is 2.58 bits per heavy atom. The molecule has 0 aromatic rings. The molecule has 0 radical (unpaired) electrons. The standard InChI is InChI=1S/C17H36N2/c1-5-12-18-17-10-8-6-7-9-16(17)14-19(4)13-11-15(2)3/h15-18H,5-14H2,1-4H3. The average molecular weight is 268 g/mol. The minimum absolute atomic E-state index is 0.768. The van der Waals surface area contributed by atoms with Crippen LogP contribution in [0.4, 0.5) is 0 Å². The lowest BCUT2D eigenvalue weighted by atomic mass is 9.94. The molecule has 2 nitrogen and oxygen atoms in total. The van der Waals surface area contributed by atoms with E-state index in [1.165, 1.54) is 64.6 Å². The predicted octanol–water partition coefficient (Wildman–Crippen LogP) is 3.91. The summed E-state index contributed by atoms with van der Waals surface area (Å²) in [6.45, 7) is 10.7. The van der Waals surface area contributed by atoms with Gasteiger partial charge in [0.25, 0.3) is 0 Å². The minimum atomic E-state index is 0.768. The summed E-state index contributed by atoms with van der Waals surface area (Å²) < 4.78 is 0. The van der Waals surface area contributed by atoms with Gasteiger partial charge in [-0.2, -0.15) is 0 Å². The van der Waals surface area contributed by atoms with Gasteiger partial charge in [0, 0.05) is 12.6 Å². The van der Waals surface area contributed by atoms with E-state index in [4.69, 9.17) is 0 Å². The Bertz CT molecular complexity index is 215. The van der Waals surface area contributed by atoms with Crippen LogP contribution in [0.2, 0.25) is 0 Å². The van der Waals surface area contributed by atoms with Crippen molar-refractivity contribution in [2.75, 3.05) is 26.7 Å². The molecule has 114 valence electrons. The van der Waals surface area contributed by atoms with Gasteiger partial charge in [-0.05, 0) is 57.7 Å². The van der Waals surface area contributed by atoms with Gasteiger partial charge in [-0.3, -0.25) is 0 Å². The third-order valence-electron chi connectivity index (χ3n) is 4.45. The summed E-state index contributed by atoms with van der Waals surface area (Å²) in [5, 5.41) is 3.80. The van der Waals surface area contributed by atoms with Gasteiger partial charge in [0.2, 0.25) is 0 Å². The molecule has 1 aliphatic carbocycles. The van der Waals surface area contributed by atoms with Crippen molar-refractivity contribution in [1.82, 2.24) is 10.2 Å². The van der Waals surface area contributed by atoms with Crippen LogP contribution in [0.3, 0.4) is 0 Å². The van der Waals surface area contributed by atoms with Gasteiger partial charge in [0.15, 0.2) is 0 Å². The van der Waals surface area contributed by atoms with Crippen molar-refractivity contribution >= 4 is 0 Å². The molecule has 2 atom stereocenters. The van der Waals surface area contributed by atoms with Crippen LogP contribution in [0.15, 0.2) is 0 Å². The molecule has 0 bridgehead atoms. The van der Waals surface area contributed by atoms with E-state index in [-0.39, 0.29) is 0 Å². The topological polar surface area (TPSA) is 15.3 Å². The van der Waals surface area contributed by atoms with E-state index in [9.17, 15) is 0 Å². The first-order valence-corrected chi connectivity index (χ1v) is 8.55. The number of rotatable bonds is 8. The minimum Gasteiger partial charge on any atom is -0.314 e. The Morgan fingerprint density at radius 2 is 1.89 bits per heavy atom. The molecule has 0 aromatic heterocycles. The fourth-order valence-electron chi connectivity index (χ4n) is 3.17. The van der Waals surface area contributed by atoms with Crippen molar-refractivity contribution in [2.45, 2.75) is 71.8 Å². The second-order valence-corrected chi connectivity index (χ2v) is 6.90. The quantitative estimate of drug-likeness (QED) is 0.671. The molecule has 0 saturated heterocycles. The first-order valence-electron chi connectivity index (χ1n) is 8.55. The van der Waals surface area contributed by atoms with Crippen LogP contribution in [0.25, 0.3) is 0 Å². The lowest BCUT2D eigenvalue weighted by Crippen LogP contribution is -2.41. The lowest BCUT2D eigenvalue weighted by molar-refractivity contribution is 0.216. The van der Waals surface area contributed by atoms with Gasteiger partial charge in [-0.25, -0.2) is 0 Å². The second-order valence-electron chi connectivity index (χ2n) is 6.90. The SMILES string of the molecule is CCCNC1CCCCCC1CN(C)CCC(C)C. The fraction of sp³-hybridized carbons (Fsp3) is 1.00. The van der Waals surface area contributed by atoms with Gasteiger partial charge in [-0.1, -0.05) is 40.0 Å². The van der Waals surface area contributed by atoms with Crippen LogP contribution in [-0.2, 0) is 0 Å². The van der Waals surface area contributed by atoms with Gasteiger partial charge in [0.1, 0.15) is 0 Å². The van der Waals surface area contributed by atoms with Crippen LogP contribution < -0.4 is 5.32 Å². The van der Waals surface area contributed by atoms with E-state index in [1.807, 2.05) is 0 Å². The maximum atomic E-state index is 3.80. The molecule has 0 spiro atoms. The molecule has 0 heterocycles. The first kappa shape index (κ1) is 17.0. The van der Waals surface area contributed by atoms with E-state index in [2.05, 4.69) is 38.0 Å². The monoisotopic (exact) mass is 268 g/mol. The zero-order chi connectivity index (χ0) is 14.1. The highest BCUT2D eigenvalue weighted by Crippen LogP contribution is 2.24. The zero-order valence-corrected chi connectivity index (χ0v) is 13.8. The fourth-order valence-corrected chi connectivity index (χ4v) is 3.17. The number of hydrogen-bond donors (Lipinski definition) is 1. The number of nitrogens with one attached hydrogen (secondary N) is 1. The van der Waals surface area contributed by atoms with Crippen molar-refractivity contribution in [2.24, 2.45) is 11.8 Å². The van der Waals surface area contributed by atoms with Gasteiger partial charge in [0.05, 0.1) is 0 Å². The molecule has 0 aliphatic heterocycles. The normalized spacial score (nSPS) is 24.9. The maximum Gasteiger partial charge on any atom is 0.0107 e. The Hall–Kier alpha value is -0.0800. The summed E-state index contributed by atoms with van der Waals surface area (Å²) in [6, 6.07) is 0.768. The average Bonchev–Trinajstić information content (AvgIpc) is 2.59. The Kier molecular flexibility index (Phi) is 8.72. The third kappa shape index (κ3) is 7.31. The van der Waals surface area contributed by atoms with Gasteiger partial charge < -0.3 is 10.2 Å². The van der Waals surface area contributed by atoms with E-state index in [1.54, 1.807) is 0 Å². The predicted molar refractivity (Wildman–Crippen MR) is 85.6 cm³/mol. The molecule has 19 heavy (non-hydrogen) atoms. The zero-order valence-electron chi connectivity index (χ0n) is 13.8. The van der Waals surface area contributed by atoms with Crippen LogP contribution in [0.1, 0.15) is 65.7 Å². The van der Waals surface area contributed by atoms with Crippen molar-refractivity contribution in [1.29, 1.82) is 0 Å². The molecule has 0 amide bonds. The highest BCUT2D eigenvalue weighted by molar-refractivity contribution is 4.81. The maximum absolute atomic E-state index is 3.80. The van der Waals surface area contributed by atoms with Crippen molar-refractivity contribution in [3.8, 4) is 0 Å². The molecule has 1 fully saturated rings. The van der Waals surface area contributed by atoms with Gasteiger partial charge >= 0.3 is 0 Å². The van der Waals surface area contributed by atoms with E-state index < -0.39 is 0 Å². The number of nitrogens with zero attached hydrogens (tertiary/aromatic N) is 1. The van der Waals surface area contributed by atoms with E-state index in [0.29, 0.717) is 0 Å². The summed E-state index contributed by atoms with van der Waals surface area (Å²) in [7, 11) is 2.31. The van der Waals surface area contributed by atoms with Crippen LogP contribution in [0.5, 0.6) is 0 Å². The van der Waals surface area contributed by atoms with Crippen molar-refractivity contribution in [3.05, 3.63) is 0 Å². The first-order chi connectivity index (χ1) is 9.13. The summed E-state index contributed by atoms with van der Waals surface area (Å²) in [5.41, 5.74) is 0. The number of hydrogen-bond acceptors (Lipinski definition) is 2. The molecular weight excluding hydrogens is 232 g/mol. The molecule has 1 saturated carbocycles. The highest BCUT2D eigenvalue weighted by atomic mass is 15.1. The molecule has 1 rings (SSSR count). The Balaban J connectivity index is 2.40. The van der Waals surface area contributed by atoms with Gasteiger partial charge in [-0.15, -0.1) is 0 Å². The third-order valence-corrected chi connectivity index (χ3v) is 4.45. The summed E-state index contributed by atoms with van der Waals surface area (Å²) in [4.78, 5) is 2.57. The van der Waals surface area contributed by atoms with Crippen LogP contribution >= 0.6 is 0 Å². The largest absolute Gasteiger partial charge is 0.314 e. The summed E-state index contributed by atoms with van der Waals surface area (Å²) >= 11 is 0. The van der Waals surface area contributed by atoms with Crippen LogP contribution in [-0.4, -0.2) is 37.6 Å². The second kappa shape index (κ2) is 9.77. The molecule has 0 aromatic carbocycles. The van der Waals surface area contributed by atoms with Crippen molar-refractivity contribution < 1.29 is 0 Å². The lowest BCUT2D eigenvalue weighted by Gasteiger charge is -2.30. The highest BCUT2D eigenvalue weighted by Gasteiger charge is 2.24. The van der Waals surface area contributed by atoms with Crippen molar-refractivity contribution in [3.63, 3.8) is 0 Å². The Labute approximate surface area is 121 Å². The molecule has 1 aliphatic rings. The molecule has 2 unspecified atom stereocenters. The smallest absolute Gasteiger partial charge is 0.0107 e. The van der Waals surface area contributed by atoms with E-state index >= 15 is 0 Å². The molecular formula is C17H36N2.